The van der Waals surface area contributed by atoms with Crippen LogP contribution in [0.3, 0.4) is 0 Å². The summed E-state index contributed by atoms with van der Waals surface area (Å²) in [5.74, 6) is 2.21. The molecule has 0 radical (unpaired) electrons. The lowest BCUT2D eigenvalue weighted by Crippen LogP contribution is -2.31. The van der Waals surface area contributed by atoms with Gasteiger partial charge in [-0.2, -0.15) is 0 Å². The van der Waals surface area contributed by atoms with E-state index >= 15 is 0 Å². The van der Waals surface area contributed by atoms with Crippen molar-refractivity contribution in [2.75, 3.05) is 19.5 Å². The maximum Gasteiger partial charge on any atom is 0.201 e. The Hall–Kier alpha value is -2.99. The second-order valence-electron chi connectivity index (χ2n) is 6.35. The third-order valence-corrected chi connectivity index (χ3v) is 6.24. The molecule has 1 heterocycles. The number of anilines is 1. The van der Waals surface area contributed by atoms with Gasteiger partial charge in [-0.25, -0.2) is 0 Å². The summed E-state index contributed by atoms with van der Waals surface area (Å²) in [4.78, 5) is 0.725. The van der Waals surface area contributed by atoms with E-state index in [1.165, 1.54) is 0 Å². The second-order valence-corrected chi connectivity index (χ2v) is 7.85. The van der Waals surface area contributed by atoms with Crippen molar-refractivity contribution in [3.63, 3.8) is 0 Å². The molecule has 0 saturated carbocycles. The van der Waals surface area contributed by atoms with Crippen LogP contribution in [0.25, 0.3) is 0 Å². The predicted octanol–water partition coefficient (Wildman–Crippen LogP) is 4.38. The Morgan fingerprint density at radius 3 is 2.11 bits per heavy atom. The zero-order chi connectivity index (χ0) is 19.5. The van der Waals surface area contributed by atoms with Gasteiger partial charge in [-0.15, -0.1) is 0 Å². The lowest BCUT2D eigenvalue weighted by atomic mass is 10.1. The molecule has 28 heavy (non-hydrogen) atoms. The maximum atomic E-state index is 13.1. The second kappa shape index (κ2) is 7.94. The minimum absolute atomic E-state index is 0.312. The molecule has 3 atom stereocenters. The van der Waals surface area contributed by atoms with E-state index in [4.69, 9.17) is 14.2 Å². The van der Waals surface area contributed by atoms with Crippen molar-refractivity contribution in [2.24, 2.45) is 0 Å². The van der Waals surface area contributed by atoms with Gasteiger partial charge in [-0.3, -0.25) is 4.21 Å². The largest absolute Gasteiger partial charge is 0.497 e. The van der Waals surface area contributed by atoms with Crippen LogP contribution in [-0.4, -0.2) is 23.9 Å². The van der Waals surface area contributed by atoms with E-state index < -0.39 is 16.2 Å². The highest BCUT2D eigenvalue weighted by atomic mass is 32.2. The highest BCUT2D eigenvalue weighted by Crippen LogP contribution is 2.39. The van der Waals surface area contributed by atoms with Gasteiger partial charge in [-0.1, -0.05) is 24.3 Å². The highest BCUT2D eigenvalue weighted by molar-refractivity contribution is 7.86. The fourth-order valence-electron chi connectivity index (χ4n) is 3.19. The first-order valence-electron chi connectivity index (χ1n) is 8.90. The van der Waals surface area contributed by atoms with Crippen LogP contribution in [0, 0.1) is 0 Å². The molecule has 4 rings (SSSR count). The first kappa shape index (κ1) is 18.4. The average molecular weight is 395 g/mol. The molecule has 1 aliphatic heterocycles. The van der Waals surface area contributed by atoms with E-state index in [-0.39, 0.29) is 6.04 Å². The Morgan fingerprint density at radius 1 is 0.893 bits per heavy atom. The third-order valence-electron chi connectivity index (χ3n) is 4.68. The van der Waals surface area contributed by atoms with Gasteiger partial charge in [0.2, 0.25) is 5.44 Å². The third kappa shape index (κ3) is 3.55. The summed E-state index contributed by atoms with van der Waals surface area (Å²) < 4.78 is 29.7. The summed E-state index contributed by atoms with van der Waals surface area (Å²) >= 11 is 0. The van der Waals surface area contributed by atoms with E-state index in [9.17, 15) is 4.21 Å². The normalized spacial score (nSPS) is 18.6. The van der Waals surface area contributed by atoms with Crippen molar-refractivity contribution in [2.45, 2.75) is 16.4 Å². The standard InChI is InChI=1S/C22H21NO4S/c1-25-17-11-7-15(8-12-17)21(23-16-9-13-18(26-2)14-10-16)22-27-19-5-3-4-6-20(19)28(22)24/h3-14,21-23H,1-2H3/t21-,22-,28?/m0/s1. The molecule has 0 amide bonds. The summed E-state index contributed by atoms with van der Waals surface area (Å²) in [6.07, 6.45) is 0. The van der Waals surface area contributed by atoms with Crippen LogP contribution in [0.5, 0.6) is 17.2 Å². The predicted molar refractivity (Wildman–Crippen MR) is 110 cm³/mol. The fraction of sp³-hybridized carbons (Fsp3) is 0.182. The van der Waals surface area contributed by atoms with Crippen LogP contribution in [0.4, 0.5) is 5.69 Å². The van der Waals surface area contributed by atoms with Gasteiger partial charge in [0.1, 0.15) is 34.1 Å². The first-order valence-corrected chi connectivity index (χ1v) is 10.1. The van der Waals surface area contributed by atoms with Gasteiger partial charge in [0, 0.05) is 5.69 Å². The number of fused-ring (bicyclic) bond motifs is 1. The molecule has 5 nitrogen and oxygen atoms in total. The van der Waals surface area contributed by atoms with Crippen LogP contribution < -0.4 is 19.5 Å². The summed E-state index contributed by atoms with van der Waals surface area (Å²) in [7, 11) is 1.97. The Kier molecular flexibility index (Phi) is 5.21. The number of nitrogens with one attached hydrogen (secondary N) is 1. The fourth-order valence-corrected chi connectivity index (χ4v) is 4.63. The topological polar surface area (TPSA) is 56.8 Å². The molecule has 0 aliphatic carbocycles. The summed E-state index contributed by atoms with van der Waals surface area (Å²) in [6, 6.07) is 22.5. The summed E-state index contributed by atoms with van der Waals surface area (Å²) in [5.41, 5.74) is 1.30. The maximum absolute atomic E-state index is 13.1. The Balaban J connectivity index is 1.67. The average Bonchev–Trinajstić information content (AvgIpc) is 3.09. The van der Waals surface area contributed by atoms with Crippen molar-refractivity contribution in [1.29, 1.82) is 0 Å². The number of rotatable bonds is 6. The zero-order valence-corrected chi connectivity index (χ0v) is 16.4. The summed E-state index contributed by atoms with van der Waals surface area (Å²) in [5, 5.41) is 3.48. The van der Waals surface area contributed by atoms with E-state index in [0.717, 1.165) is 27.6 Å². The monoisotopic (exact) mass is 395 g/mol. The molecule has 3 aromatic carbocycles. The molecule has 3 aromatic rings. The van der Waals surface area contributed by atoms with Crippen molar-refractivity contribution in [3.8, 4) is 17.2 Å². The number of para-hydroxylation sites is 1. The minimum Gasteiger partial charge on any atom is -0.497 e. The van der Waals surface area contributed by atoms with Crippen molar-refractivity contribution in [1.82, 2.24) is 0 Å². The van der Waals surface area contributed by atoms with Crippen LogP contribution in [0.15, 0.2) is 77.7 Å². The molecule has 0 aromatic heterocycles. The summed E-state index contributed by atoms with van der Waals surface area (Å²) in [6.45, 7) is 0. The van der Waals surface area contributed by atoms with Gasteiger partial charge in [-0.05, 0) is 54.1 Å². The molecule has 144 valence electrons. The number of benzene rings is 3. The molecular formula is C22H21NO4S. The van der Waals surface area contributed by atoms with Gasteiger partial charge >= 0.3 is 0 Å². The molecule has 0 spiro atoms. The van der Waals surface area contributed by atoms with Crippen molar-refractivity contribution < 1.29 is 18.4 Å². The molecule has 0 fully saturated rings. The van der Waals surface area contributed by atoms with Crippen LogP contribution in [-0.2, 0) is 10.8 Å². The van der Waals surface area contributed by atoms with Crippen LogP contribution in [0.2, 0.25) is 0 Å². The van der Waals surface area contributed by atoms with E-state index in [0.29, 0.717) is 5.75 Å². The Labute approximate surface area is 166 Å². The molecule has 0 saturated heterocycles. The lowest BCUT2D eigenvalue weighted by molar-refractivity contribution is 0.267. The van der Waals surface area contributed by atoms with Gasteiger partial charge in [0.05, 0.1) is 19.1 Å². The minimum atomic E-state index is -1.29. The first-order chi connectivity index (χ1) is 13.7. The van der Waals surface area contributed by atoms with Crippen molar-refractivity contribution >= 4 is 16.5 Å². The van der Waals surface area contributed by atoms with Crippen LogP contribution in [0.1, 0.15) is 11.6 Å². The van der Waals surface area contributed by atoms with E-state index in [1.54, 1.807) is 14.2 Å². The number of hydrogen-bond acceptors (Lipinski definition) is 5. The Morgan fingerprint density at radius 2 is 1.50 bits per heavy atom. The van der Waals surface area contributed by atoms with Gasteiger partial charge < -0.3 is 19.5 Å². The van der Waals surface area contributed by atoms with Crippen LogP contribution >= 0.6 is 0 Å². The van der Waals surface area contributed by atoms with E-state index in [2.05, 4.69) is 5.32 Å². The number of methoxy groups -OCH3 is 2. The molecule has 1 aliphatic rings. The molecule has 6 heteroatoms. The molecule has 1 unspecified atom stereocenters. The molecule has 0 bridgehead atoms. The highest BCUT2D eigenvalue weighted by Gasteiger charge is 2.38. The van der Waals surface area contributed by atoms with Crippen molar-refractivity contribution in [3.05, 3.63) is 78.4 Å². The zero-order valence-electron chi connectivity index (χ0n) is 15.6. The lowest BCUT2D eigenvalue weighted by Gasteiger charge is -2.25. The van der Waals surface area contributed by atoms with E-state index in [1.807, 2.05) is 72.8 Å². The molecular weight excluding hydrogens is 374 g/mol. The molecule has 1 N–H and O–H groups in total. The number of ether oxygens (including phenoxy) is 3. The smallest absolute Gasteiger partial charge is 0.201 e. The SMILES string of the molecule is COc1ccc(N[C@@H](c2ccc(OC)cc2)[C@H]2Oc3ccccc3S2=O)cc1. The number of hydrogen-bond donors (Lipinski definition) is 1. The quantitative estimate of drug-likeness (QED) is 0.671. The Bertz CT molecular complexity index is 973. The van der Waals surface area contributed by atoms with Gasteiger partial charge in [0.25, 0.3) is 0 Å². The van der Waals surface area contributed by atoms with Gasteiger partial charge in [0.15, 0.2) is 0 Å².